The highest BCUT2D eigenvalue weighted by Gasteiger charge is 2.14. The summed E-state index contributed by atoms with van der Waals surface area (Å²) in [6.07, 6.45) is 1.60. The van der Waals surface area contributed by atoms with Gasteiger partial charge in [0.25, 0.3) is 5.91 Å². The number of rotatable bonds is 9. The van der Waals surface area contributed by atoms with Gasteiger partial charge in [0.2, 0.25) is 5.75 Å². The molecular formula is C20H27N3O4. The summed E-state index contributed by atoms with van der Waals surface area (Å²) in [4.78, 5) is 18.9. The Kier molecular flexibility index (Phi) is 7.28. The Morgan fingerprint density at radius 3 is 2.11 bits per heavy atom. The van der Waals surface area contributed by atoms with Gasteiger partial charge >= 0.3 is 0 Å². The normalized spacial score (nSPS) is 10.3. The van der Waals surface area contributed by atoms with E-state index in [0.717, 1.165) is 24.5 Å². The lowest BCUT2D eigenvalue weighted by Crippen LogP contribution is -2.25. The van der Waals surface area contributed by atoms with Crippen molar-refractivity contribution >= 4 is 11.7 Å². The van der Waals surface area contributed by atoms with Gasteiger partial charge in [0.1, 0.15) is 5.82 Å². The van der Waals surface area contributed by atoms with Gasteiger partial charge in [0.05, 0.1) is 26.9 Å². The molecule has 0 bridgehead atoms. The van der Waals surface area contributed by atoms with E-state index in [2.05, 4.69) is 29.0 Å². The van der Waals surface area contributed by atoms with Crippen molar-refractivity contribution in [3.63, 3.8) is 0 Å². The van der Waals surface area contributed by atoms with Crippen molar-refractivity contribution in [1.82, 2.24) is 10.3 Å². The van der Waals surface area contributed by atoms with Crippen LogP contribution in [0.3, 0.4) is 0 Å². The van der Waals surface area contributed by atoms with Crippen LogP contribution in [0.2, 0.25) is 0 Å². The minimum Gasteiger partial charge on any atom is -0.493 e. The van der Waals surface area contributed by atoms with Crippen molar-refractivity contribution in [2.24, 2.45) is 0 Å². The lowest BCUT2D eigenvalue weighted by atomic mass is 10.1. The van der Waals surface area contributed by atoms with E-state index in [1.54, 1.807) is 33.6 Å². The number of carbonyl (C=O) groups is 1. The Morgan fingerprint density at radius 1 is 1.04 bits per heavy atom. The van der Waals surface area contributed by atoms with Gasteiger partial charge < -0.3 is 24.4 Å². The van der Waals surface area contributed by atoms with Crippen LogP contribution in [-0.4, -0.2) is 45.3 Å². The molecular weight excluding hydrogens is 346 g/mol. The SMILES string of the molecule is CCN(CC)c1ccc(C(=O)NCc2cc(OC)c(OC)c(OC)c2)cn1. The van der Waals surface area contributed by atoms with E-state index in [1.165, 1.54) is 0 Å². The summed E-state index contributed by atoms with van der Waals surface area (Å²) in [5.74, 6) is 2.28. The first-order valence-corrected chi connectivity index (χ1v) is 8.85. The highest BCUT2D eigenvalue weighted by atomic mass is 16.5. The molecule has 0 unspecified atom stereocenters. The number of ether oxygens (including phenoxy) is 3. The van der Waals surface area contributed by atoms with Crippen molar-refractivity contribution in [3.8, 4) is 17.2 Å². The molecule has 0 atom stereocenters. The van der Waals surface area contributed by atoms with Gasteiger partial charge in [-0.3, -0.25) is 4.79 Å². The van der Waals surface area contributed by atoms with Crippen molar-refractivity contribution in [2.75, 3.05) is 39.3 Å². The monoisotopic (exact) mass is 373 g/mol. The van der Waals surface area contributed by atoms with E-state index in [-0.39, 0.29) is 5.91 Å². The minimum atomic E-state index is -0.192. The van der Waals surface area contributed by atoms with Crippen LogP contribution in [0, 0.1) is 0 Å². The molecule has 0 radical (unpaired) electrons. The van der Waals surface area contributed by atoms with Crippen LogP contribution in [0.15, 0.2) is 30.5 Å². The second-order valence-corrected chi connectivity index (χ2v) is 5.79. The van der Waals surface area contributed by atoms with Gasteiger partial charge in [-0.05, 0) is 43.7 Å². The summed E-state index contributed by atoms with van der Waals surface area (Å²) >= 11 is 0. The molecule has 1 heterocycles. The van der Waals surface area contributed by atoms with E-state index in [0.29, 0.717) is 29.4 Å². The van der Waals surface area contributed by atoms with E-state index in [1.807, 2.05) is 18.2 Å². The zero-order valence-electron chi connectivity index (χ0n) is 16.5. The second kappa shape index (κ2) is 9.66. The summed E-state index contributed by atoms with van der Waals surface area (Å²) in [7, 11) is 4.67. The maximum atomic E-state index is 12.4. The second-order valence-electron chi connectivity index (χ2n) is 5.79. The fourth-order valence-electron chi connectivity index (χ4n) is 2.78. The number of methoxy groups -OCH3 is 3. The Bertz CT molecular complexity index is 733. The summed E-state index contributed by atoms with van der Waals surface area (Å²) in [5.41, 5.74) is 1.35. The third-order valence-corrected chi connectivity index (χ3v) is 4.28. The van der Waals surface area contributed by atoms with E-state index in [9.17, 15) is 4.79 Å². The number of nitrogens with one attached hydrogen (secondary N) is 1. The molecule has 0 saturated carbocycles. The number of anilines is 1. The van der Waals surface area contributed by atoms with Crippen LogP contribution in [0.5, 0.6) is 17.2 Å². The van der Waals surface area contributed by atoms with E-state index < -0.39 is 0 Å². The Morgan fingerprint density at radius 2 is 1.67 bits per heavy atom. The third kappa shape index (κ3) is 4.81. The molecule has 0 saturated heterocycles. The number of carbonyl (C=O) groups excluding carboxylic acids is 1. The van der Waals surface area contributed by atoms with E-state index in [4.69, 9.17) is 14.2 Å². The number of hydrogen-bond donors (Lipinski definition) is 1. The van der Waals surface area contributed by atoms with Gasteiger partial charge in [0, 0.05) is 25.8 Å². The highest BCUT2D eigenvalue weighted by Crippen LogP contribution is 2.38. The third-order valence-electron chi connectivity index (χ3n) is 4.28. The van der Waals surface area contributed by atoms with Crippen molar-refractivity contribution in [1.29, 1.82) is 0 Å². The molecule has 1 N–H and O–H groups in total. The molecule has 0 aliphatic carbocycles. The lowest BCUT2D eigenvalue weighted by Gasteiger charge is -2.19. The Balaban J connectivity index is 2.09. The van der Waals surface area contributed by atoms with Gasteiger partial charge in [-0.1, -0.05) is 0 Å². The van der Waals surface area contributed by atoms with E-state index >= 15 is 0 Å². The van der Waals surface area contributed by atoms with Crippen LogP contribution in [0.25, 0.3) is 0 Å². The largest absolute Gasteiger partial charge is 0.493 e. The smallest absolute Gasteiger partial charge is 0.253 e. The molecule has 27 heavy (non-hydrogen) atoms. The molecule has 7 heteroatoms. The average Bonchev–Trinajstić information content (AvgIpc) is 2.72. The topological polar surface area (TPSA) is 72.9 Å². The standard InChI is InChI=1S/C20H27N3O4/c1-6-23(7-2)18-9-8-15(13-21-18)20(24)22-12-14-10-16(25-3)19(27-5)17(11-14)26-4/h8-11,13H,6-7,12H2,1-5H3,(H,22,24). The molecule has 1 aromatic heterocycles. The predicted octanol–water partition coefficient (Wildman–Crippen LogP) is 2.88. The van der Waals surface area contributed by atoms with Crippen LogP contribution in [-0.2, 0) is 6.54 Å². The Hall–Kier alpha value is -2.96. The fraction of sp³-hybridized carbons (Fsp3) is 0.400. The molecule has 0 spiro atoms. The molecule has 146 valence electrons. The van der Waals surface area contributed by atoms with Crippen LogP contribution in [0.1, 0.15) is 29.8 Å². The average molecular weight is 373 g/mol. The van der Waals surface area contributed by atoms with Crippen molar-refractivity contribution in [3.05, 3.63) is 41.6 Å². The first-order valence-electron chi connectivity index (χ1n) is 8.85. The maximum absolute atomic E-state index is 12.4. The van der Waals surface area contributed by atoms with Gasteiger partial charge in [-0.15, -0.1) is 0 Å². The van der Waals surface area contributed by atoms with Gasteiger partial charge in [-0.2, -0.15) is 0 Å². The number of benzene rings is 1. The summed E-state index contributed by atoms with van der Waals surface area (Å²) in [6.45, 7) is 6.21. The number of nitrogens with zero attached hydrogens (tertiary/aromatic N) is 2. The number of pyridine rings is 1. The van der Waals surface area contributed by atoms with Gasteiger partial charge in [-0.25, -0.2) is 4.98 Å². The maximum Gasteiger partial charge on any atom is 0.253 e. The number of amides is 1. The zero-order valence-corrected chi connectivity index (χ0v) is 16.5. The predicted molar refractivity (Wildman–Crippen MR) is 105 cm³/mol. The van der Waals surface area contributed by atoms with Gasteiger partial charge in [0.15, 0.2) is 11.5 Å². The first kappa shape index (κ1) is 20.4. The van der Waals surface area contributed by atoms with Crippen LogP contribution in [0.4, 0.5) is 5.82 Å². The summed E-state index contributed by atoms with van der Waals surface area (Å²) in [5, 5.41) is 2.89. The number of aromatic nitrogens is 1. The lowest BCUT2D eigenvalue weighted by molar-refractivity contribution is 0.0950. The molecule has 0 fully saturated rings. The molecule has 0 aliphatic heterocycles. The Labute approximate surface area is 160 Å². The summed E-state index contributed by atoms with van der Waals surface area (Å²) in [6, 6.07) is 7.26. The number of hydrogen-bond acceptors (Lipinski definition) is 6. The molecule has 2 aromatic rings. The summed E-state index contributed by atoms with van der Waals surface area (Å²) < 4.78 is 16.0. The molecule has 7 nitrogen and oxygen atoms in total. The zero-order chi connectivity index (χ0) is 19.8. The first-order chi connectivity index (χ1) is 13.1. The molecule has 2 rings (SSSR count). The van der Waals surface area contributed by atoms with Crippen LogP contribution < -0.4 is 24.4 Å². The fourth-order valence-corrected chi connectivity index (χ4v) is 2.78. The van der Waals surface area contributed by atoms with Crippen molar-refractivity contribution in [2.45, 2.75) is 20.4 Å². The molecule has 1 amide bonds. The highest BCUT2D eigenvalue weighted by molar-refractivity contribution is 5.94. The quantitative estimate of drug-likeness (QED) is 0.729. The van der Waals surface area contributed by atoms with Crippen molar-refractivity contribution < 1.29 is 19.0 Å². The van der Waals surface area contributed by atoms with Crippen LogP contribution >= 0.6 is 0 Å². The molecule has 1 aromatic carbocycles. The minimum absolute atomic E-state index is 0.192. The molecule has 0 aliphatic rings.